The van der Waals surface area contributed by atoms with Gasteiger partial charge in [-0.25, -0.2) is 4.79 Å². The molecular weight excluding hydrogens is 596 g/mol. The fourth-order valence-corrected chi connectivity index (χ4v) is 4.58. The van der Waals surface area contributed by atoms with Crippen molar-refractivity contribution in [3.8, 4) is 45.8 Å². The van der Waals surface area contributed by atoms with Gasteiger partial charge in [-0.3, -0.25) is 4.79 Å². The van der Waals surface area contributed by atoms with Crippen molar-refractivity contribution in [2.45, 2.75) is 30.7 Å². The van der Waals surface area contributed by atoms with Crippen molar-refractivity contribution in [2.24, 2.45) is 0 Å². The molecule has 0 aliphatic carbocycles. The lowest BCUT2D eigenvalue weighted by Gasteiger charge is -2.39. The second kappa shape index (κ2) is 12.8. The van der Waals surface area contributed by atoms with E-state index in [0.717, 1.165) is 18.2 Å². The summed E-state index contributed by atoms with van der Waals surface area (Å²) in [7, 11) is 1.37. The second-order valence-electron chi connectivity index (χ2n) is 9.99. The second-order valence-corrected chi connectivity index (χ2v) is 9.99. The predicted octanol–water partition coefficient (Wildman–Crippen LogP) is 1.73. The van der Waals surface area contributed by atoms with E-state index in [9.17, 15) is 45.3 Å². The van der Waals surface area contributed by atoms with E-state index >= 15 is 0 Å². The Morgan fingerprint density at radius 3 is 2.33 bits per heavy atom. The van der Waals surface area contributed by atoms with E-state index in [1.807, 2.05) is 0 Å². The minimum Gasteiger partial charge on any atom is -0.508 e. The van der Waals surface area contributed by atoms with E-state index in [0.29, 0.717) is 11.1 Å². The van der Waals surface area contributed by atoms with Crippen molar-refractivity contribution in [1.82, 2.24) is 0 Å². The van der Waals surface area contributed by atoms with Crippen molar-refractivity contribution < 1.29 is 63.9 Å². The van der Waals surface area contributed by atoms with Gasteiger partial charge in [-0.1, -0.05) is 6.07 Å². The number of methoxy groups -OCH3 is 1. The molecule has 1 saturated heterocycles. The maximum atomic E-state index is 12.8. The van der Waals surface area contributed by atoms with Gasteiger partial charge in [0.25, 0.3) is 0 Å². The number of ether oxygens (including phenoxy) is 4. The highest BCUT2D eigenvalue weighted by Gasteiger charge is 2.46. The molecule has 0 saturated carbocycles. The molecule has 5 atom stereocenters. The molecule has 7 N–H and O–H groups in total. The molecule has 5 unspecified atom stereocenters. The number of phenols is 4. The van der Waals surface area contributed by atoms with E-state index in [1.165, 1.54) is 55.7 Å². The number of hydrogen-bond donors (Lipinski definition) is 7. The summed E-state index contributed by atoms with van der Waals surface area (Å²) >= 11 is 0. The number of phenolic OH excluding ortho intramolecular Hbond substituents is 4. The molecule has 14 nitrogen and oxygen atoms in total. The third kappa shape index (κ3) is 6.49. The number of carbonyl (C=O) groups excluding carboxylic acids is 1. The molecule has 0 radical (unpaired) electrons. The standard InChI is InChI=1S/C31H28O14/c1-41-20-10-14(2-8-17(20)33)3-9-24(35)42-13-23-27(37)29(39)30(40)31(45-23)44-22-12-21-25(28(38)26(22)36)18(34)11-19(43-21)15-4-6-16(32)7-5-15/h2-12,23,27,29-33,36-40H,13H2,1H3. The molecule has 14 heteroatoms. The first-order chi connectivity index (χ1) is 21.5. The Hall–Kier alpha value is -5.28. The Kier molecular flexibility index (Phi) is 8.83. The molecule has 4 aromatic rings. The van der Waals surface area contributed by atoms with E-state index in [4.69, 9.17) is 23.4 Å². The molecule has 1 aromatic heterocycles. The van der Waals surface area contributed by atoms with Crippen LogP contribution in [-0.4, -0.2) is 86.1 Å². The Morgan fingerprint density at radius 1 is 0.889 bits per heavy atom. The van der Waals surface area contributed by atoms with Crippen molar-refractivity contribution in [3.63, 3.8) is 0 Å². The third-order valence-corrected chi connectivity index (χ3v) is 7.00. The number of aliphatic hydroxyl groups excluding tert-OH is 3. The fourth-order valence-electron chi connectivity index (χ4n) is 4.58. The monoisotopic (exact) mass is 624 g/mol. The minimum absolute atomic E-state index is 0.0156. The quantitative estimate of drug-likeness (QED) is 0.0842. The molecule has 1 fully saturated rings. The zero-order chi connectivity index (χ0) is 32.4. The van der Waals surface area contributed by atoms with E-state index in [1.54, 1.807) is 0 Å². The van der Waals surface area contributed by atoms with Crippen LogP contribution in [-0.2, 0) is 14.3 Å². The zero-order valence-electron chi connectivity index (χ0n) is 23.4. The number of hydrogen-bond acceptors (Lipinski definition) is 14. The lowest BCUT2D eigenvalue weighted by molar-refractivity contribution is -0.278. The Bertz CT molecular complexity index is 1800. The van der Waals surface area contributed by atoms with Crippen LogP contribution in [0.4, 0.5) is 0 Å². The topological polar surface area (TPSA) is 226 Å². The van der Waals surface area contributed by atoms with Crippen LogP contribution >= 0.6 is 0 Å². The molecule has 1 aliphatic heterocycles. The lowest BCUT2D eigenvalue weighted by Crippen LogP contribution is -2.60. The number of fused-ring (bicyclic) bond motifs is 1. The van der Waals surface area contributed by atoms with Gasteiger partial charge in [0.15, 0.2) is 28.4 Å². The van der Waals surface area contributed by atoms with E-state index in [2.05, 4.69) is 0 Å². The zero-order valence-corrected chi connectivity index (χ0v) is 23.4. The summed E-state index contributed by atoms with van der Waals surface area (Å²) in [5, 5.41) is 71.4. The molecule has 0 bridgehead atoms. The molecule has 45 heavy (non-hydrogen) atoms. The van der Waals surface area contributed by atoms with Crippen molar-refractivity contribution >= 4 is 23.0 Å². The van der Waals surface area contributed by atoms with Crippen LogP contribution in [0.1, 0.15) is 5.56 Å². The van der Waals surface area contributed by atoms with Gasteiger partial charge in [0.1, 0.15) is 53.5 Å². The average molecular weight is 625 g/mol. The first-order valence-corrected chi connectivity index (χ1v) is 13.4. The molecule has 5 rings (SSSR count). The Labute approximate surface area is 253 Å². The summed E-state index contributed by atoms with van der Waals surface area (Å²) in [5.74, 6) is -3.00. The summed E-state index contributed by atoms with van der Waals surface area (Å²) < 4.78 is 27.0. The first kappa shape index (κ1) is 31.2. The highest BCUT2D eigenvalue weighted by atomic mass is 16.7. The molecular formula is C31H28O14. The summed E-state index contributed by atoms with van der Waals surface area (Å²) in [6, 6.07) is 12.2. The van der Waals surface area contributed by atoms with Gasteiger partial charge in [0.05, 0.1) is 7.11 Å². The molecule has 236 valence electrons. The molecule has 3 aromatic carbocycles. The normalized spacial score (nSPS) is 21.6. The predicted molar refractivity (Wildman–Crippen MR) is 155 cm³/mol. The third-order valence-electron chi connectivity index (χ3n) is 7.00. The highest BCUT2D eigenvalue weighted by molar-refractivity contribution is 5.89. The fraction of sp³-hybridized carbons (Fsp3) is 0.226. The van der Waals surface area contributed by atoms with Crippen LogP contribution in [0.3, 0.4) is 0 Å². The number of esters is 1. The summed E-state index contributed by atoms with van der Waals surface area (Å²) in [6.45, 7) is -0.591. The summed E-state index contributed by atoms with van der Waals surface area (Å²) in [5.41, 5.74) is 0.00366. The maximum Gasteiger partial charge on any atom is 0.330 e. The van der Waals surface area contributed by atoms with Gasteiger partial charge in [-0.2, -0.15) is 0 Å². The number of aliphatic hydroxyl groups is 3. The number of aromatic hydroxyl groups is 4. The SMILES string of the molecule is COc1cc(C=CC(=O)OCC2OC(Oc3cc4oc(-c5ccc(O)cc5)cc(=O)c4c(O)c3O)C(O)C(O)C2O)ccc1O. The van der Waals surface area contributed by atoms with Gasteiger partial charge in [-0.15, -0.1) is 0 Å². The van der Waals surface area contributed by atoms with Gasteiger partial charge < -0.3 is 59.1 Å². The molecule has 0 spiro atoms. The Balaban J connectivity index is 1.33. The van der Waals surface area contributed by atoms with Crippen LogP contribution in [0, 0.1) is 0 Å². The van der Waals surface area contributed by atoms with Crippen LogP contribution in [0.25, 0.3) is 28.4 Å². The summed E-state index contributed by atoms with van der Waals surface area (Å²) in [6.07, 6.45) is -6.16. The van der Waals surface area contributed by atoms with Gasteiger partial charge in [-0.05, 0) is 48.0 Å². The van der Waals surface area contributed by atoms with Gasteiger partial charge >= 0.3 is 5.97 Å². The minimum atomic E-state index is -1.87. The number of benzene rings is 3. The van der Waals surface area contributed by atoms with Crippen LogP contribution < -0.4 is 14.9 Å². The molecule has 2 heterocycles. The lowest BCUT2D eigenvalue weighted by atomic mass is 9.99. The van der Waals surface area contributed by atoms with Crippen molar-refractivity contribution in [3.05, 3.63) is 76.5 Å². The maximum absolute atomic E-state index is 12.8. The average Bonchev–Trinajstić information content (AvgIpc) is 3.02. The smallest absolute Gasteiger partial charge is 0.330 e. The largest absolute Gasteiger partial charge is 0.508 e. The van der Waals surface area contributed by atoms with E-state index < -0.39 is 66.0 Å². The van der Waals surface area contributed by atoms with Crippen LogP contribution in [0.5, 0.6) is 34.5 Å². The highest BCUT2D eigenvalue weighted by Crippen LogP contribution is 2.42. The van der Waals surface area contributed by atoms with Gasteiger partial charge in [0.2, 0.25) is 12.0 Å². The molecule has 0 amide bonds. The molecule has 1 aliphatic rings. The van der Waals surface area contributed by atoms with E-state index in [-0.39, 0.29) is 34.0 Å². The van der Waals surface area contributed by atoms with Crippen molar-refractivity contribution in [2.75, 3.05) is 13.7 Å². The first-order valence-electron chi connectivity index (χ1n) is 13.4. The number of rotatable bonds is 8. The van der Waals surface area contributed by atoms with Crippen LogP contribution in [0.15, 0.2) is 69.9 Å². The number of carbonyl (C=O) groups is 1. The van der Waals surface area contributed by atoms with Crippen LogP contribution in [0.2, 0.25) is 0 Å². The van der Waals surface area contributed by atoms with Gasteiger partial charge in [0, 0.05) is 23.8 Å². The summed E-state index contributed by atoms with van der Waals surface area (Å²) in [4.78, 5) is 25.1. The Morgan fingerprint density at radius 2 is 1.62 bits per heavy atom. The van der Waals surface area contributed by atoms with Crippen molar-refractivity contribution in [1.29, 1.82) is 0 Å².